The van der Waals surface area contributed by atoms with Crippen LogP contribution in [0.4, 0.5) is 24.7 Å². The van der Waals surface area contributed by atoms with Gasteiger partial charge in [-0.3, -0.25) is 4.90 Å². The summed E-state index contributed by atoms with van der Waals surface area (Å²) in [4.78, 5) is 6.62. The summed E-state index contributed by atoms with van der Waals surface area (Å²) < 4.78 is 55.5. The van der Waals surface area contributed by atoms with E-state index < -0.39 is 6.36 Å². The second kappa shape index (κ2) is 9.97. The molecule has 0 unspecified atom stereocenters. The largest absolute Gasteiger partial charge is 0.573 e. The van der Waals surface area contributed by atoms with E-state index in [1.165, 1.54) is 22.7 Å². The van der Waals surface area contributed by atoms with Crippen molar-refractivity contribution in [2.24, 2.45) is 0 Å². The first-order valence-electron chi connectivity index (χ1n) is 11.9. The first kappa shape index (κ1) is 24.4. The summed E-state index contributed by atoms with van der Waals surface area (Å²) in [5, 5.41) is 13.4. The van der Waals surface area contributed by atoms with Crippen LogP contribution in [-0.2, 0) is 4.74 Å². The molecule has 0 radical (unpaired) electrons. The van der Waals surface area contributed by atoms with Crippen molar-refractivity contribution in [2.45, 2.75) is 13.3 Å². The first-order chi connectivity index (χ1) is 17.3. The number of benzene rings is 1. The summed E-state index contributed by atoms with van der Waals surface area (Å²) in [6.45, 7) is 8.74. The molecule has 0 saturated carbocycles. The predicted molar refractivity (Wildman–Crippen MR) is 127 cm³/mol. The van der Waals surface area contributed by atoms with Crippen LogP contribution in [0, 0.1) is 0 Å². The fourth-order valence-corrected chi connectivity index (χ4v) is 4.47. The lowest BCUT2D eigenvalue weighted by atomic mass is 10.2. The summed E-state index contributed by atoms with van der Waals surface area (Å²) >= 11 is 0. The number of aromatic nitrogens is 4. The van der Waals surface area contributed by atoms with Crippen molar-refractivity contribution < 1.29 is 27.4 Å². The van der Waals surface area contributed by atoms with Gasteiger partial charge in [-0.15, -0.1) is 28.5 Å². The monoisotopic (exact) mass is 507 g/mol. The summed E-state index contributed by atoms with van der Waals surface area (Å²) in [6, 6.07) is 5.63. The molecule has 0 N–H and O–H groups in total. The van der Waals surface area contributed by atoms with Crippen LogP contribution in [0.25, 0.3) is 17.0 Å². The minimum absolute atomic E-state index is 0.294. The van der Waals surface area contributed by atoms with Crippen LogP contribution in [-0.4, -0.2) is 97.2 Å². The van der Waals surface area contributed by atoms with Crippen LogP contribution < -0.4 is 19.3 Å². The molecule has 0 amide bonds. The molecule has 0 bridgehead atoms. The van der Waals surface area contributed by atoms with E-state index in [0.717, 1.165) is 45.1 Å². The van der Waals surface area contributed by atoms with Crippen molar-refractivity contribution in [3.05, 3.63) is 24.3 Å². The molecule has 0 atom stereocenters. The molecule has 2 aliphatic rings. The van der Waals surface area contributed by atoms with Gasteiger partial charge in [0, 0.05) is 45.3 Å². The average molecular weight is 508 g/mol. The molecule has 0 aliphatic carbocycles. The first-order valence-corrected chi connectivity index (χ1v) is 11.9. The maximum Gasteiger partial charge on any atom is 0.573 e. The number of anilines is 2. The number of fused-ring (bicyclic) bond motifs is 3. The summed E-state index contributed by atoms with van der Waals surface area (Å²) in [6.07, 6.45) is -4.80. The lowest BCUT2D eigenvalue weighted by Crippen LogP contribution is -2.42. The van der Waals surface area contributed by atoms with Gasteiger partial charge in [0.1, 0.15) is 18.0 Å². The van der Waals surface area contributed by atoms with Crippen molar-refractivity contribution in [1.29, 1.82) is 0 Å². The summed E-state index contributed by atoms with van der Waals surface area (Å²) in [7, 11) is 1.98. The SMILES string of the molecule is CCN(CCN1CCOCC1)c1nn2c(-c3cccc(OC(F)(F)F)c3)nnc2c2c1N(C)CCO2. The van der Waals surface area contributed by atoms with E-state index in [1.54, 1.807) is 6.07 Å². The van der Waals surface area contributed by atoms with E-state index in [-0.39, 0.29) is 5.75 Å². The van der Waals surface area contributed by atoms with E-state index >= 15 is 0 Å². The van der Waals surface area contributed by atoms with Gasteiger partial charge in [-0.2, -0.15) is 4.52 Å². The highest BCUT2D eigenvalue weighted by molar-refractivity contribution is 5.82. The third-order valence-electron chi connectivity index (χ3n) is 6.32. The zero-order chi connectivity index (χ0) is 25.3. The zero-order valence-corrected chi connectivity index (χ0v) is 20.2. The molecule has 1 aromatic carbocycles. The standard InChI is InChI=1S/C23H28F3N7O3/c1-3-32(8-7-31-10-12-34-13-11-31)21-18-19(35-14-9-30(18)2)22-28-27-20(33(22)29-21)16-5-4-6-17(15-16)36-23(24,25)26/h4-6,15H,3,7-14H2,1-2H3. The molecule has 10 nitrogen and oxygen atoms in total. The van der Waals surface area contributed by atoms with Gasteiger partial charge >= 0.3 is 6.36 Å². The number of halogens is 3. The van der Waals surface area contributed by atoms with Crippen LogP contribution in [0.2, 0.25) is 0 Å². The molecule has 2 aromatic heterocycles. The van der Waals surface area contributed by atoms with E-state index in [0.29, 0.717) is 48.3 Å². The Kier molecular flexibility index (Phi) is 6.75. The second-order valence-electron chi connectivity index (χ2n) is 8.64. The van der Waals surface area contributed by atoms with Crippen molar-refractivity contribution in [3.63, 3.8) is 0 Å². The van der Waals surface area contributed by atoms with Crippen molar-refractivity contribution in [2.75, 3.05) is 75.9 Å². The molecule has 1 fully saturated rings. The Morgan fingerprint density at radius 1 is 1.11 bits per heavy atom. The molecule has 194 valence electrons. The quantitative estimate of drug-likeness (QED) is 0.480. The minimum atomic E-state index is -4.80. The molecule has 1 saturated heterocycles. The van der Waals surface area contributed by atoms with Gasteiger partial charge in [0.15, 0.2) is 17.4 Å². The molecule has 4 heterocycles. The molecule has 2 aliphatic heterocycles. The molecule has 3 aromatic rings. The number of hydrogen-bond donors (Lipinski definition) is 0. The highest BCUT2D eigenvalue weighted by Crippen LogP contribution is 2.41. The smallest absolute Gasteiger partial charge is 0.486 e. The predicted octanol–water partition coefficient (Wildman–Crippen LogP) is 2.68. The van der Waals surface area contributed by atoms with Gasteiger partial charge in [0.05, 0.1) is 19.8 Å². The fraction of sp³-hybridized carbons (Fsp3) is 0.522. The molecule has 5 rings (SSSR count). The summed E-state index contributed by atoms with van der Waals surface area (Å²) in [5.74, 6) is 1.22. The average Bonchev–Trinajstić information content (AvgIpc) is 3.28. The Bertz CT molecular complexity index is 1210. The number of likely N-dealkylation sites (N-methyl/N-ethyl adjacent to an activating group) is 2. The molecule has 13 heteroatoms. The Morgan fingerprint density at radius 3 is 2.67 bits per heavy atom. The number of hydrogen-bond acceptors (Lipinski definition) is 9. The minimum Gasteiger partial charge on any atom is -0.486 e. The fourth-order valence-electron chi connectivity index (χ4n) is 4.47. The lowest BCUT2D eigenvalue weighted by Gasteiger charge is -2.34. The van der Waals surface area contributed by atoms with E-state index in [1.807, 2.05) is 7.05 Å². The Hall–Kier alpha value is -3.32. The number of rotatable bonds is 7. The number of nitrogens with zero attached hydrogens (tertiary/aromatic N) is 7. The molecule has 36 heavy (non-hydrogen) atoms. The van der Waals surface area contributed by atoms with Gasteiger partial charge in [-0.25, -0.2) is 0 Å². The third-order valence-corrected chi connectivity index (χ3v) is 6.32. The van der Waals surface area contributed by atoms with Crippen molar-refractivity contribution in [1.82, 2.24) is 24.7 Å². The maximum absolute atomic E-state index is 12.8. The van der Waals surface area contributed by atoms with Gasteiger partial charge in [0.25, 0.3) is 0 Å². The molecular formula is C23H28F3N7O3. The topological polar surface area (TPSA) is 80.5 Å². The van der Waals surface area contributed by atoms with Crippen molar-refractivity contribution >= 4 is 17.2 Å². The lowest BCUT2D eigenvalue weighted by molar-refractivity contribution is -0.274. The van der Waals surface area contributed by atoms with Crippen LogP contribution >= 0.6 is 0 Å². The van der Waals surface area contributed by atoms with Crippen LogP contribution in [0.3, 0.4) is 0 Å². The van der Waals surface area contributed by atoms with E-state index in [9.17, 15) is 13.2 Å². The van der Waals surface area contributed by atoms with Crippen LogP contribution in [0.5, 0.6) is 11.5 Å². The molecular weight excluding hydrogens is 479 g/mol. The van der Waals surface area contributed by atoms with Gasteiger partial charge in [0.2, 0.25) is 5.65 Å². The van der Waals surface area contributed by atoms with Gasteiger partial charge in [-0.05, 0) is 19.1 Å². The highest BCUT2D eigenvalue weighted by Gasteiger charge is 2.32. The zero-order valence-electron chi connectivity index (χ0n) is 20.2. The normalized spacial score (nSPS) is 16.6. The maximum atomic E-state index is 12.8. The van der Waals surface area contributed by atoms with E-state index in [4.69, 9.17) is 14.6 Å². The Balaban J connectivity index is 1.56. The molecule has 0 spiro atoms. The van der Waals surface area contributed by atoms with Gasteiger partial charge in [-0.1, -0.05) is 12.1 Å². The number of alkyl halides is 3. The highest BCUT2D eigenvalue weighted by atomic mass is 19.4. The van der Waals surface area contributed by atoms with Crippen LogP contribution in [0.1, 0.15) is 6.92 Å². The van der Waals surface area contributed by atoms with E-state index in [2.05, 4.69) is 36.6 Å². The number of morpholine rings is 1. The third kappa shape index (κ3) is 4.98. The van der Waals surface area contributed by atoms with Crippen molar-refractivity contribution in [3.8, 4) is 22.9 Å². The number of ether oxygens (including phenoxy) is 3. The van der Waals surface area contributed by atoms with Crippen LogP contribution in [0.15, 0.2) is 24.3 Å². The Labute approximate surface area is 206 Å². The Morgan fingerprint density at radius 2 is 1.92 bits per heavy atom. The van der Waals surface area contributed by atoms with Gasteiger partial charge < -0.3 is 24.0 Å². The summed E-state index contributed by atoms with van der Waals surface area (Å²) in [5.41, 5.74) is 1.62. The second-order valence-corrected chi connectivity index (χ2v) is 8.64.